The molecule has 0 aliphatic carbocycles. The topological polar surface area (TPSA) is 46.5 Å². The highest BCUT2D eigenvalue weighted by Crippen LogP contribution is 2.33. The summed E-state index contributed by atoms with van der Waals surface area (Å²) in [5.41, 5.74) is -3.60. The molecule has 0 aromatic carbocycles. The summed E-state index contributed by atoms with van der Waals surface area (Å²) in [5.74, 6) is -0.248. The first-order valence-electron chi connectivity index (χ1n) is 3.10. The Hall–Kier alpha value is -1.22. The van der Waals surface area contributed by atoms with Crippen molar-refractivity contribution in [3.63, 3.8) is 0 Å². The highest BCUT2D eigenvalue weighted by atomic mass is 19.4. The highest BCUT2D eigenvalue weighted by Gasteiger charge is 2.60. The number of rotatable bonds is 2. The minimum atomic E-state index is -5.13. The first kappa shape index (κ1) is 11.8. The summed E-state index contributed by atoms with van der Waals surface area (Å²) in [6.07, 6.45) is -1.71. The van der Waals surface area contributed by atoms with Crippen LogP contribution >= 0.6 is 0 Å². The van der Waals surface area contributed by atoms with Crippen LogP contribution in [0.1, 0.15) is 6.42 Å². The molecule has 0 bridgehead atoms. The van der Waals surface area contributed by atoms with E-state index >= 15 is 0 Å². The zero-order valence-electron chi connectivity index (χ0n) is 6.68. The Morgan fingerprint density at radius 1 is 1.62 bits per heavy atom. The molecule has 1 unspecified atom stereocenters. The zero-order chi connectivity index (χ0) is 10.7. The Labute approximate surface area is 72.5 Å². The summed E-state index contributed by atoms with van der Waals surface area (Å²) in [6, 6.07) is 0. The summed E-state index contributed by atoms with van der Waals surface area (Å²) in [6.45, 7) is 0. The fourth-order valence-electron chi connectivity index (χ4n) is 0.605. The molecule has 0 saturated heterocycles. The molecule has 1 N–H and O–H groups in total. The van der Waals surface area contributed by atoms with Crippen LogP contribution in [-0.4, -0.2) is 30.0 Å². The van der Waals surface area contributed by atoms with Gasteiger partial charge in [-0.3, -0.25) is 0 Å². The molecule has 0 heterocycles. The van der Waals surface area contributed by atoms with Crippen molar-refractivity contribution in [3.8, 4) is 12.3 Å². The molecule has 0 aliphatic rings. The van der Waals surface area contributed by atoms with Crippen molar-refractivity contribution in [1.82, 2.24) is 0 Å². The Kier molecular flexibility index (Phi) is 3.32. The van der Waals surface area contributed by atoms with E-state index in [1.165, 1.54) is 0 Å². The van der Waals surface area contributed by atoms with Crippen LogP contribution in [0.4, 0.5) is 13.2 Å². The number of halogens is 3. The lowest BCUT2D eigenvalue weighted by atomic mass is 10.00. The van der Waals surface area contributed by atoms with Crippen molar-refractivity contribution in [2.45, 2.75) is 18.2 Å². The quantitative estimate of drug-likeness (QED) is 0.516. The van der Waals surface area contributed by atoms with Gasteiger partial charge >= 0.3 is 12.1 Å². The van der Waals surface area contributed by atoms with E-state index in [4.69, 9.17) is 5.11 Å². The van der Waals surface area contributed by atoms with Gasteiger partial charge in [-0.25, -0.2) is 4.79 Å². The molecule has 0 fully saturated rings. The van der Waals surface area contributed by atoms with Crippen LogP contribution in [0.5, 0.6) is 0 Å². The number of hydrogen-bond donors (Lipinski definition) is 1. The predicted molar refractivity (Wildman–Crippen MR) is 36.5 cm³/mol. The maximum atomic E-state index is 12.1. The summed E-state index contributed by atoms with van der Waals surface area (Å²) in [4.78, 5) is 10.6. The first-order valence-corrected chi connectivity index (χ1v) is 3.10. The number of methoxy groups -OCH3 is 1. The van der Waals surface area contributed by atoms with E-state index in [0.29, 0.717) is 0 Å². The third kappa shape index (κ3) is 2.12. The lowest BCUT2D eigenvalue weighted by Gasteiger charge is -2.25. The molecular formula is C7H7F3O3. The maximum absolute atomic E-state index is 12.1. The minimum absolute atomic E-state index is 0.732. The average molecular weight is 196 g/mol. The second-order valence-corrected chi connectivity index (χ2v) is 2.23. The number of alkyl halides is 3. The van der Waals surface area contributed by atoms with Gasteiger partial charge in [-0.1, -0.05) is 0 Å². The van der Waals surface area contributed by atoms with Gasteiger partial charge in [0, 0.05) is 0 Å². The maximum Gasteiger partial charge on any atom is 0.429 e. The van der Waals surface area contributed by atoms with Crippen LogP contribution in [0.3, 0.4) is 0 Å². The van der Waals surface area contributed by atoms with Gasteiger partial charge in [-0.2, -0.15) is 13.2 Å². The average Bonchev–Trinajstić information content (AvgIpc) is 2.01. The molecule has 0 amide bonds. The van der Waals surface area contributed by atoms with Gasteiger partial charge in [0.15, 0.2) is 0 Å². The lowest BCUT2D eigenvalue weighted by Crippen LogP contribution is -2.52. The van der Waals surface area contributed by atoms with E-state index in [0.717, 1.165) is 7.11 Å². The normalized spacial score (nSPS) is 15.7. The van der Waals surface area contributed by atoms with Crippen LogP contribution in [-0.2, 0) is 9.53 Å². The molecule has 13 heavy (non-hydrogen) atoms. The van der Waals surface area contributed by atoms with E-state index in [2.05, 4.69) is 11.2 Å². The molecule has 0 aromatic heterocycles. The lowest BCUT2D eigenvalue weighted by molar-refractivity contribution is -0.259. The number of terminal acetylenes is 1. The molecule has 0 spiro atoms. The fraction of sp³-hybridized carbons (Fsp3) is 0.571. The first-order chi connectivity index (χ1) is 5.79. The Balaban J connectivity index is 4.97. The molecule has 0 aliphatic heterocycles. The van der Waals surface area contributed by atoms with E-state index in [9.17, 15) is 18.0 Å². The van der Waals surface area contributed by atoms with E-state index in [1.54, 1.807) is 5.92 Å². The number of ether oxygens (including phenoxy) is 1. The molecule has 1 atom stereocenters. The van der Waals surface area contributed by atoms with Crippen LogP contribution < -0.4 is 0 Å². The van der Waals surface area contributed by atoms with Crippen LogP contribution in [0.15, 0.2) is 0 Å². The summed E-state index contributed by atoms with van der Waals surface area (Å²) < 4.78 is 40.0. The molecular weight excluding hydrogens is 189 g/mol. The molecule has 3 nitrogen and oxygen atoms in total. The molecule has 74 valence electrons. The van der Waals surface area contributed by atoms with Crippen molar-refractivity contribution >= 4 is 5.97 Å². The Morgan fingerprint density at radius 2 is 2.08 bits per heavy atom. The van der Waals surface area contributed by atoms with Crippen molar-refractivity contribution in [1.29, 1.82) is 0 Å². The van der Waals surface area contributed by atoms with Gasteiger partial charge in [0.2, 0.25) is 0 Å². The number of carbonyl (C=O) groups is 1. The third-order valence-corrected chi connectivity index (χ3v) is 1.35. The molecule has 6 heteroatoms. The summed E-state index contributed by atoms with van der Waals surface area (Å²) in [5, 5.41) is 8.87. The number of esters is 1. The predicted octanol–water partition coefficient (Wildman–Crippen LogP) is 0.476. The number of aliphatic hydroxyl groups is 1. The van der Waals surface area contributed by atoms with E-state index < -0.39 is 24.2 Å². The summed E-state index contributed by atoms with van der Waals surface area (Å²) in [7, 11) is 0.732. The summed E-state index contributed by atoms with van der Waals surface area (Å²) >= 11 is 0. The second kappa shape index (κ2) is 3.66. The second-order valence-electron chi connectivity index (χ2n) is 2.23. The largest absolute Gasteiger partial charge is 0.467 e. The van der Waals surface area contributed by atoms with E-state index in [1.807, 2.05) is 0 Å². The zero-order valence-corrected chi connectivity index (χ0v) is 6.68. The minimum Gasteiger partial charge on any atom is -0.467 e. The number of hydrogen-bond acceptors (Lipinski definition) is 3. The monoisotopic (exact) mass is 196 g/mol. The number of carbonyl (C=O) groups excluding carboxylic acids is 1. The van der Waals surface area contributed by atoms with Crippen LogP contribution in [0, 0.1) is 12.3 Å². The fourth-order valence-corrected chi connectivity index (χ4v) is 0.605. The van der Waals surface area contributed by atoms with Crippen LogP contribution in [0.25, 0.3) is 0 Å². The third-order valence-electron chi connectivity index (χ3n) is 1.35. The molecule has 0 saturated carbocycles. The van der Waals surface area contributed by atoms with Gasteiger partial charge in [0.25, 0.3) is 5.60 Å². The van der Waals surface area contributed by atoms with E-state index in [-0.39, 0.29) is 0 Å². The smallest absolute Gasteiger partial charge is 0.429 e. The standard InChI is InChI=1S/C7H7F3O3/c1-3-4-6(12,5(11)13-2)7(8,9)10/h1,12H,4H2,2H3. The van der Waals surface area contributed by atoms with Crippen molar-refractivity contribution in [2.75, 3.05) is 7.11 Å². The molecule has 0 aromatic rings. The van der Waals surface area contributed by atoms with Crippen molar-refractivity contribution in [2.24, 2.45) is 0 Å². The SMILES string of the molecule is C#CCC(O)(C(=O)OC)C(F)(F)F. The van der Waals surface area contributed by atoms with Gasteiger partial charge in [-0.15, -0.1) is 12.3 Å². The van der Waals surface area contributed by atoms with Crippen molar-refractivity contribution < 1.29 is 27.8 Å². The van der Waals surface area contributed by atoms with Gasteiger partial charge < -0.3 is 9.84 Å². The Morgan fingerprint density at radius 3 is 2.31 bits per heavy atom. The van der Waals surface area contributed by atoms with Gasteiger partial charge in [-0.05, 0) is 0 Å². The van der Waals surface area contributed by atoms with Crippen LogP contribution in [0.2, 0.25) is 0 Å². The molecule has 0 rings (SSSR count). The molecule has 0 radical (unpaired) electrons. The van der Waals surface area contributed by atoms with Crippen molar-refractivity contribution in [3.05, 3.63) is 0 Å². The Bertz CT molecular complexity index is 240. The van der Waals surface area contributed by atoms with Gasteiger partial charge in [0.1, 0.15) is 0 Å². The highest BCUT2D eigenvalue weighted by molar-refractivity contribution is 5.80. The van der Waals surface area contributed by atoms with Gasteiger partial charge in [0.05, 0.1) is 13.5 Å².